The molecule has 0 aliphatic carbocycles. The molecule has 6 rings (SSSR count). The van der Waals surface area contributed by atoms with Gasteiger partial charge >= 0.3 is 12.0 Å². The summed E-state index contributed by atoms with van der Waals surface area (Å²) in [6.45, 7) is 4.46. The van der Waals surface area contributed by atoms with Crippen LogP contribution in [0, 0.1) is 5.92 Å². The highest BCUT2D eigenvalue weighted by Crippen LogP contribution is 2.34. The van der Waals surface area contributed by atoms with Gasteiger partial charge in [0.1, 0.15) is 67.0 Å². The molecule has 116 heavy (non-hydrogen) atoms. The molecule has 630 valence electrons. The number of amides is 13. The molecule has 13 amide bonds. The number of esters is 1. The fourth-order valence-electron chi connectivity index (χ4n) is 12.2. The van der Waals surface area contributed by atoms with Crippen molar-refractivity contribution in [1.29, 1.82) is 0 Å². The highest BCUT2D eigenvalue weighted by molar-refractivity contribution is 7.99. The molecular formula is C77H109N21O17S. The molecule has 38 nitrogen and oxygen atoms in total. The minimum atomic E-state index is -1.89. The second kappa shape index (κ2) is 47.5. The molecule has 3 aromatic carbocycles. The predicted molar refractivity (Wildman–Crippen MR) is 429 cm³/mol. The van der Waals surface area contributed by atoms with Crippen LogP contribution in [-0.4, -0.2) is 251 Å². The van der Waals surface area contributed by atoms with E-state index >= 15 is 0 Å². The number of nitrogens with one attached hydrogen (secondary N) is 12. The van der Waals surface area contributed by atoms with Crippen LogP contribution in [0.1, 0.15) is 113 Å². The predicted octanol–water partition coefficient (Wildman–Crippen LogP) is -3.50. The van der Waals surface area contributed by atoms with Crippen molar-refractivity contribution in [2.45, 2.75) is 175 Å². The topological polar surface area (TPSA) is 597 Å². The van der Waals surface area contributed by atoms with Crippen molar-refractivity contribution in [3.63, 3.8) is 0 Å². The number of aliphatic hydroxyl groups is 2. The van der Waals surface area contributed by atoms with Gasteiger partial charge in [0.2, 0.25) is 65.0 Å². The van der Waals surface area contributed by atoms with E-state index in [1.165, 1.54) is 37.6 Å². The summed E-state index contributed by atoms with van der Waals surface area (Å²) < 4.78 is 6.36. The highest BCUT2D eigenvalue weighted by atomic mass is 32.2. The fourth-order valence-corrected chi connectivity index (χ4v) is 13.2. The summed E-state index contributed by atoms with van der Waals surface area (Å²) in [6.07, 6.45) is -0.826. The van der Waals surface area contributed by atoms with Gasteiger partial charge in [0, 0.05) is 61.3 Å². The van der Waals surface area contributed by atoms with E-state index in [1.54, 1.807) is 123 Å². The number of hydrogen-bond donors (Lipinski definition) is 19. The van der Waals surface area contributed by atoms with Crippen molar-refractivity contribution >= 4 is 118 Å². The number of carbonyl (C=O) groups is 14. The van der Waals surface area contributed by atoms with E-state index in [0.29, 0.717) is 43.2 Å². The van der Waals surface area contributed by atoms with Crippen molar-refractivity contribution in [3.8, 4) is 0 Å². The number of carbonyl (C=O) groups excluding carboxylic acids is 14. The van der Waals surface area contributed by atoms with Crippen LogP contribution in [0.3, 0.4) is 0 Å². The molecule has 0 saturated carbocycles. The number of hydrogen-bond acceptors (Lipinski definition) is 25. The summed E-state index contributed by atoms with van der Waals surface area (Å²) in [5.74, 6) is -12.1. The zero-order valence-electron chi connectivity index (χ0n) is 65.7. The van der Waals surface area contributed by atoms with Gasteiger partial charge < -0.3 is 112 Å². The molecule has 1 fully saturated rings. The molecule has 0 bridgehead atoms. The maximum absolute atomic E-state index is 14.9. The average Bonchev–Trinajstić information content (AvgIpc) is 1.61. The van der Waals surface area contributed by atoms with Crippen LogP contribution in [0.25, 0.3) is 23.1 Å². The first kappa shape index (κ1) is 93.5. The number of benzene rings is 3. The standard InChI is InChI=1S/C77H109N21O17S/c1-43(2)40-59-73(110)89-54(24-31-79)67(104)88-57(27-34-82)72(109)94-64(44(3)99)75(112)85-36-28-58(70(107)87-55(25-32-80)69(106)93-60(74(111)92-59)41-47-14-8-7-9-15-47)90-68(105)56(26-33-81)91-76(113)65(45(4)100)95-71(108)53(23-30-78)86-63(102)29-37-97(38-39-115-46(5)101)77(114)98-61-42-49(116-62-18-11-10-17-51(62)66(103)83-6)20-21-50(61)52(96-98)22-19-48-16-12-13-35-84-48/h7-22,35,42-45,53-60,64-65,99-100H,23-34,36-41,78-82H2,1-6H3,(H,83,103)(H,85,112)(H,86,102)(H,87,107)(H,88,104)(H,89,110)(H,90,105)(H,91,113)(H,92,111)(H,93,106)(H,94,109)(H,95,108)/b22-19+/t44-,45-,53+,54+,55+,56+,57+,58+,59+,60-,64+,65+/m1/s1. The molecule has 3 heterocycles. The van der Waals surface area contributed by atoms with Gasteiger partial charge in [-0.3, -0.25) is 67.3 Å². The lowest BCUT2D eigenvalue weighted by molar-refractivity contribution is -0.141. The zero-order valence-corrected chi connectivity index (χ0v) is 66.5. The van der Waals surface area contributed by atoms with E-state index < -0.39 is 169 Å². The van der Waals surface area contributed by atoms with Crippen molar-refractivity contribution in [1.82, 2.24) is 83.5 Å². The van der Waals surface area contributed by atoms with Crippen molar-refractivity contribution in [3.05, 3.63) is 120 Å². The lowest BCUT2D eigenvalue weighted by atomic mass is 10.00. The van der Waals surface area contributed by atoms with Crippen LogP contribution in [0.4, 0.5) is 4.79 Å². The third-order valence-electron chi connectivity index (χ3n) is 18.3. The number of rotatable bonds is 34. The molecule has 24 N–H and O–H groups in total. The molecule has 1 aliphatic rings. The van der Waals surface area contributed by atoms with Crippen LogP contribution < -0.4 is 92.5 Å². The summed E-state index contributed by atoms with van der Waals surface area (Å²) in [6, 6.07) is 9.40. The van der Waals surface area contributed by atoms with E-state index in [0.717, 1.165) is 11.6 Å². The molecular weight excluding hydrogens is 1520 g/mol. The van der Waals surface area contributed by atoms with Crippen LogP contribution >= 0.6 is 11.8 Å². The van der Waals surface area contributed by atoms with Gasteiger partial charge in [-0.2, -0.15) is 9.78 Å². The Morgan fingerprint density at radius 2 is 1.22 bits per heavy atom. The summed E-state index contributed by atoms with van der Waals surface area (Å²) in [7, 11) is 1.51. The van der Waals surface area contributed by atoms with Crippen molar-refractivity contribution in [2.24, 2.45) is 34.6 Å². The molecule has 12 atom stereocenters. The maximum atomic E-state index is 14.9. The third kappa shape index (κ3) is 28.9. The lowest BCUT2D eigenvalue weighted by Gasteiger charge is -2.29. The van der Waals surface area contributed by atoms with E-state index in [4.69, 9.17) is 38.5 Å². The monoisotopic (exact) mass is 1630 g/mol. The number of nitrogens with two attached hydrogens (primary N) is 5. The quantitative estimate of drug-likeness (QED) is 0.0178. The fraction of sp³-hybridized carbons (Fsp3) is 0.481. The molecule has 2 aromatic heterocycles. The minimum Gasteiger partial charge on any atom is -0.464 e. The van der Waals surface area contributed by atoms with Gasteiger partial charge in [0.05, 0.1) is 41.2 Å². The third-order valence-corrected chi connectivity index (χ3v) is 19.4. The first-order valence-electron chi connectivity index (χ1n) is 38.2. The number of nitrogens with zero attached hydrogens (tertiary/aromatic N) is 4. The smallest absolute Gasteiger partial charge is 0.345 e. The van der Waals surface area contributed by atoms with Gasteiger partial charge in [-0.05, 0) is 158 Å². The Morgan fingerprint density at radius 1 is 0.638 bits per heavy atom. The Bertz CT molecular complexity index is 4230. The second-order valence-corrected chi connectivity index (χ2v) is 29.0. The molecule has 5 aromatic rings. The Morgan fingerprint density at radius 3 is 1.80 bits per heavy atom. The summed E-state index contributed by atoms with van der Waals surface area (Å²) in [5, 5.41) is 57.9. The van der Waals surface area contributed by atoms with Crippen molar-refractivity contribution in [2.75, 3.05) is 66.0 Å². The van der Waals surface area contributed by atoms with E-state index in [2.05, 4.69) is 68.8 Å². The van der Waals surface area contributed by atoms with Gasteiger partial charge in [-0.15, -0.1) is 0 Å². The number of aromatic nitrogens is 3. The second-order valence-electron chi connectivity index (χ2n) is 27.9. The Kier molecular flexibility index (Phi) is 38.3. The molecule has 39 heteroatoms. The number of aliphatic hydroxyl groups excluding tert-OH is 2. The van der Waals surface area contributed by atoms with Gasteiger partial charge in [-0.25, -0.2) is 4.79 Å². The average molecular weight is 1630 g/mol. The zero-order chi connectivity index (χ0) is 85.1. The summed E-state index contributed by atoms with van der Waals surface area (Å²) in [5.41, 5.74) is 32.0. The molecule has 1 aliphatic heterocycles. The molecule has 0 radical (unpaired) electrons. The van der Waals surface area contributed by atoms with Crippen LogP contribution in [-0.2, 0) is 68.7 Å². The molecule has 0 unspecified atom stereocenters. The van der Waals surface area contributed by atoms with E-state index in [9.17, 15) is 77.3 Å². The Labute approximate surface area is 675 Å². The Hall–Kier alpha value is -11.3. The van der Waals surface area contributed by atoms with Crippen LogP contribution in [0.2, 0.25) is 0 Å². The first-order valence-corrected chi connectivity index (χ1v) is 39.0. The van der Waals surface area contributed by atoms with Gasteiger partial charge in [0.25, 0.3) is 5.91 Å². The summed E-state index contributed by atoms with van der Waals surface area (Å²) >= 11 is 1.26. The molecule has 1 saturated heterocycles. The lowest BCUT2D eigenvalue weighted by Crippen LogP contribution is -2.62. The van der Waals surface area contributed by atoms with E-state index in [1.807, 2.05) is 0 Å². The summed E-state index contributed by atoms with van der Waals surface area (Å²) in [4.78, 5) is 204. The van der Waals surface area contributed by atoms with E-state index in [-0.39, 0.29) is 109 Å². The number of pyridine rings is 1. The largest absolute Gasteiger partial charge is 0.464 e. The number of fused-ring (bicyclic) bond motifs is 1. The Balaban J connectivity index is 1.25. The van der Waals surface area contributed by atoms with Gasteiger partial charge in [-0.1, -0.05) is 74.1 Å². The highest BCUT2D eigenvalue weighted by Gasteiger charge is 2.38. The first-order chi connectivity index (χ1) is 55.4. The van der Waals surface area contributed by atoms with Crippen LogP contribution in [0.15, 0.2) is 107 Å². The van der Waals surface area contributed by atoms with Gasteiger partial charge in [0.15, 0.2) is 0 Å². The maximum Gasteiger partial charge on any atom is 0.345 e. The van der Waals surface area contributed by atoms with Crippen molar-refractivity contribution < 1.29 is 82.1 Å². The SMILES string of the molecule is CNC(=O)c1ccccc1Sc1ccc2c(/C=C/c3ccccn3)nn(C(=O)N(CCOC(C)=O)CCC(=O)N[C@@H](CCN)C(=O)N[C@H](C(=O)N[C@@H](CCN)C(=O)N[C@H]3CCNC(=O)[C@H]([C@@H](C)O)NC(=O)[C@H](CCN)NC(=O)[C@H](CCN)NC(=O)[C@H](CC(C)C)NC(=O)[C@@H](Cc4ccccc4)NC(=O)[C@H](CCN)NC3=O)[C@@H](C)O)c2c1. The normalized spacial score (nSPS) is 19.5. The van der Waals surface area contributed by atoms with Crippen LogP contribution in [0.5, 0.6) is 0 Å². The number of ether oxygens (including phenoxy) is 1. The minimum absolute atomic E-state index is 0.0106. The molecule has 0 spiro atoms.